The van der Waals surface area contributed by atoms with E-state index in [4.69, 9.17) is 11.8 Å². The molecule has 0 unspecified atom stereocenters. The molecule has 0 aliphatic carbocycles. The molecule has 0 saturated heterocycles. The lowest BCUT2D eigenvalue weighted by Crippen LogP contribution is -2.29. The largest absolute Gasteiger partial charge is 0.241 e. The Kier molecular flexibility index (Phi) is 3.64. The van der Waals surface area contributed by atoms with Crippen LogP contribution in [0.1, 0.15) is 0 Å². The van der Waals surface area contributed by atoms with Crippen LogP contribution in [0.15, 0.2) is 0 Å². The summed E-state index contributed by atoms with van der Waals surface area (Å²) < 4.78 is 1.74. The molecule has 0 atom stereocenters. The Labute approximate surface area is 52.0 Å². The number of nitrogens with zero attached hydrogens (tertiary/aromatic N) is 2. The Morgan fingerprint density at radius 2 is 1.86 bits per heavy atom. The summed E-state index contributed by atoms with van der Waals surface area (Å²) in [4.78, 5) is 0. The van der Waals surface area contributed by atoms with E-state index in [-0.39, 0.29) is 9.68 Å². The van der Waals surface area contributed by atoms with Gasteiger partial charge < -0.3 is 0 Å². The van der Waals surface area contributed by atoms with Gasteiger partial charge >= 0.3 is 0 Å². The normalized spacial score (nSPS) is 12.9. The van der Waals surface area contributed by atoms with Crippen molar-refractivity contribution >= 4 is 21.5 Å². The van der Waals surface area contributed by atoms with Crippen molar-refractivity contribution in [2.75, 3.05) is 14.1 Å². The van der Waals surface area contributed by atoms with Crippen LogP contribution >= 0.6 is 11.8 Å². The van der Waals surface area contributed by atoms with E-state index in [9.17, 15) is 0 Å². The van der Waals surface area contributed by atoms with E-state index in [0.29, 0.717) is 0 Å². The lowest BCUT2D eigenvalue weighted by atomic mass is 11.2. The van der Waals surface area contributed by atoms with Crippen molar-refractivity contribution in [3.05, 3.63) is 0 Å². The fourth-order valence-electron chi connectivity index (χ4n) is 0.283. The van der Waals surface area contributed by atoms with Crippen LogP contribution in [0.2, 0.25) is 6.55 Å². The highest BCUT2D eigenvalue weighted by molar-refractivity contribution is 6.42. The number of hydrogen-bond acceptors (Lipinski definition) is 2. The van der Waals surface area contributed by atoms with Crippen molar-refractivity contribution in [2.24, 2.45) is 0 Å². The summed E-state index contributed by atoms with van der Waals surface area (Å²) in [6.07, 6.45) is 0. The predicted octanol–water partition coefficient (Wildman–Crippen LogP) is 0.0507. The number of hydrazine groups is 1. The molecule has 0 fully saturated rings. The Morgan fingerprint density at radius 3 is 1.86 bits per heavy atom. The summed E-state index contributed by atoms with van der Waals surface area (Å²) in [6, 6.07) is 0. The van der Waals surface area contributed by atoms with Crippen LogP contribution in [0.25, 0.3) is 0 Å². The maximum absolute atomic E-state index is 5.62. The molecule has 0 spiro atoms. The average Bonchev–Trinajstić information content (AvgIpc) is 1.65. The van der Waals surface area contributed by atoms with Gasteiger partial charge in [0.2, 0.25) is 0 Å². The first-order valence-corrected chi connectivity index (χ1v) is 4.67. The molecule has 0 radical (unpaired) electrons. The van der Waals surface area contributed by atoms with E-state index in [2.05, 4.69) is 6.55 Å². The van der Waals surface area contributed by atoms with Crippen LogP contribution in [0.5, 0.6) is 0 Å². The summed E-state index contributed by atoms with van der Waals surface area (Å²) in [5.74, 6) is 0. The summed E-state index contributed by atoms with van der Waals surface area (Å²) in [7, 11) is 3.68. The first-order valence-electron chi connectivity index (χ1n) is 2.29. The summed E-state index contributed by atoms with van der Waals surface area (Å²) in [5.41, 5.74) is 0. The molecule has 0 aliphatic heterocycles. The summed E-state index contributed by atoms with van der Waals surface area (Å²) in [6.45, 7) is 2.13. The zero-order valence-corrected chi connectivity index (χ0v) is 7.15. The predicted molar refractivity (Wildman–Crippen MR) is 35.8 cm³/mol. The average molecular weight is 139 g/mol. The minimum absolute atomic E-state index is 0.184. The molecule has 2 nitrogen and oxygen atoms in total. The van der Waals surface area contributed by atoms with Gasteiger partial charge in [-0.15, -0.1) is 0 Å². The molecular weight excluding hydrogens is 128 g/mol. The van der Waals surface area contributed by atoms with Gasteiger partial charge in [0.25, 0.3) is 0 Å². The first-order chi connectivity index (χ1) is 3.18. The zero-order chi connectivity index (χ0) is 5.86. The van der Waals surface area contributed by atoms with E-state index in [1.165, 1.54) is 0 Å². The van der Waals surface area contributed by atoms with Crippen molar-refractivity contribution in [1.82, 2.24) is 9.20 Å². The van der Waals surface area contributed by atoms with E-state index in [1.807, 2.05) is 19.1 Å². The molecular formula is C3H11ClN2Si. The van der Waals surface area contributed by atoms with Crippen molar-refractivity contribution < 1.29 is 0 Å². The molecule has 0 N–H and O–H groups in total. The van der Waals surface area contributed by atoms with E-state index in [0.717, 1.165) is 0 Å². The molecule has 0 amide bonds. The Balaban J connectivity index is 3.14. The van der Waals surface area contributed by atoms with E-state index in [1.54, 1.807) is 4.19 Å². The van der Waals surface area contributed by atoms with Crippen LogP contribution in [0, 0.1) is 0 Å². The Bertz CT molecular complexity index is 50.2. The highest BCUT2D eigenvalue weighted by Gasteiger charge is 1.95. The second-order valence-corrected chi connectivity index (χ2v) is 3.52. The van der Waals surface area contributed by atoms with Crippen molar-refractivity contribution in [3.8, 4) is 0 Å². The van der Waals surface area contributed by atoms with E-state index < -0.39 is 0 Å². The van der Waals surface area contributed by atoms with Gasteiger partial charge in [-0.25, -0.2) is 5.01 Å². The highest BCUT2D eigenvalue weighted by Crippen LogP contribution is 1.90. The fourth-order valence-corrected chi connectivity index (χ4v) is 0.849. The molecule has 0 rings (SSSR count). The van der Waals surface area contributed by atoms with Gasteiger partial charge in [0.15, 0.2) is 0 Å². The zero-order valence-electron chi connectivity index (χ0n) is 4.98. The summed E-state index contributed by atoms with van der Waals surface area (Å²) >= 11 is 5.62. The van der Waals surface area contributed by atoms with Crippen molar-refractivity contribution in [3.63, 3.8) is 0 Å². The number of halogens is 1. The fraction of sp³-hybridized carbons (Fsp3) is 1.00. The van der Waals surface area contributed by atoms with Crippen molar-refractivity contribution in [1.29, 1.82) is 0 Å². The van der Waals surface area contributed by atoms with Gasteiger partial charge in [0, 0.05) is 14.1 Å². The second-order valence-electron chi connectivity index (χ2n) is 1.50. The SMILES string of the molecule is C[SiH2]N(Cl)N(C)C. The molecule has 0 aromatic heterocycles. The molecule has 0 aromatic rings. The van der Waals surface area contributed by atoms with Crippen LogP contribution in [0.4, 0.5) is 0 Å². The summed E-state index contributed by atoms with van der Waals surface area (Å²) in [5, 5.41) is 1.88. The number of hydrogen-bond donors (Lipinski definition) is 0. The maximum atomic E-state index is 5.62. The van der Waals surface area contributed by atoms with Crippen LogP contribution in [-0.2, 0) is 0 Å². The molecule has 0 aliphatic rings. The third-order valence-electron chi connectivity index (χ3n) is 0.695. The lowest BCUT2D eigenvalue weighted by Gasteiger charge is -2.18. The molecule has 44 valence electrons. The molecule has 0 saturated carbocycles. The van der Waals surface area contributed by atoms with Crippen LogP contribution in [0.3, 0.4) is 0 Å². The Morgan fingerprint density at radius 1 is 1.43 bits per heavy atom. The number of rotatable bonds is 2. The van der Waals surface area contributed by atoms with Gasteiger partial charge in [-0.05, 0) is 11.8 Å². The monoisotopic (exact) mass is 138 g/mol. The Hall–Kier alpha value is 0.427. The first kappa shape index (κ1) is 7.43. The third-order valence-corrected chi connectivity index (χ3v) is 2.80. The van der Waals surface area contributed by atoms with Gasteiger partial charge in [0.05, 0.1) is 0 Å². The van der Waals surface area contributed by atoms with Gasteiger partial charge in [-0.1, -0.05) is 6.55 Å². The minimum atomic E-state index is -0.184. The van der Waals surface area contributed by atoms with Gasteiger partial charge in [-0.3, -0.25) is 0 Å². The maximum Gasteiger partial charge on any atom is 0.134 e. The highest BCUT2D eigenvalue weighted by atomic mass is 35.5. The van der Waals surface area contributed by atoms with Crippen molar-refractivity contribution in [2.45, 2.75) is 6.55 Å². The lowest BCUT2D eigenvalue weighted by molar-refractivity contribution is 0.234. The topological polar surface area (TPSA) is 6.48 Å². The molecule has 7 heavy (non-hydrogen) atoms. The molecule has 4 heteroatoms. The standard InChI is InChI=1S/C3H11ClN2Si/c1-5(2)6(4)7-3/h7H2,1-3H3. The quantitative estimate of drug-likeness (QED) is 0.302. The van der Waals surface area contributed by atoms with Gasteiger partial charge in [0.1, 0.15) is 9.68 Å². The molecule has 0 aromatic carbocycles. The smallest absolute Gasteiger partial charge is 0.134 e. The van der Waals surface area contributed by atoms with E-state index >= 15 is 0 Å². The third kappa shape index (κ3) is 3.05. The van der Waals surface area contributed by atoms with Crippen LogP contribution < -0.4 is 0 Å². The second kappa shape index (κ2) is 3.43. The minimum Gasteiger partial charge on any atom is -0.241 e. The van der Waals surface area contributed by atoms with Gasteiger partial charge in [-0.2, -0.15) is 4.19 Å². The van der Waals surface area contributed by atoms with Crippen LogP contribution in [-0.4, -0.2) is 33.0 Å². The molecule has 0 heterocycles. The molecule has 0 bridgehead atoms.